The van der Waals surface area contributed by atoms with Gasteiger partial charge in [0.15, 0.2) is 0 Å². The van der Waals surface area contributed by atoms with Crippen molar-refractivity contribution in [1.29, 1.82) is 0 Å². The number of anilines is 1. The molecule has 0 bridgehead atoms. The van der Waals surface area contributed by atoms with Crippen LogP contribution in [0.1, 0.15) is 12.0 Å². The number of hydrogen-bond acceptors (Lipinski definition) is 5. The van der Waals surface area contributed by atoms with Crippen molar-refractivity contribution in [2.45, 2.75) is 17.4 Å². The minimum absolute atomic E-state index is 0.204. The van der Waals surface area contributed by atoms with Gasteiger partial charge < -0.3 is 14.9 Å². The van der Waals surface area contributed by atoms with Gasteiger partial charge in [0.05, 0.1) is 18.5 Å². The van der Waals surface area contributed by atoms with E-state index in [2.05, 4.69) is 10.5 Å². The van der Waals surface area contributed by atoms with Crippen molar-refractivity contribution >= 4 is 29.1 Å². The highest BCUT2D eigenvalue weighted by molar-refractivity contribution is 7.98. The molecule has 1 amide bonds. The molecular weight excluding hydrogens is 324 g/mol. The van der Waals surface area contributed by atoms with E-state index in [1.807, 2.05) is 54.8 Å². The van der Waals surface area contributed by atoms with Crippen molar-refractivity contribution in [3.8, 4) is 5.75 Å². The number of nitrogens with zero attached hydrogens (tertiary/aromatic N) is 1. The van der Waals surface area contributed by atoms with Gasteiger partial charge in [-0.2, -0.15) is 0 Å². The average molecular weight is 342 g/mol. The summed E-state index contributed by atoms with van der Waals surface area (Å²) < 4.78 is 5.34. The molecule has 5 nitrogen and oxygen atoms in total. The summed E-state index contributed by atoms with van der Waals surface area (Å²) in [6, 6.07) is 15.2. The third-order valence-corrected chi connectivity index (χ3v) is 4.54. The first-order valence-electron chi connectivity index (χ1n) is 7.53. The molecule has 1 unspecified atom stereocenters. The number of methoxy groups -OCH3 is 1. The quantitative estimate of drug-likeness (QED) is 0.844. The van der Waals surface area contributed by atoms with Crippen LogP contribution in [-0.2, 0) is 9.63 Å². The number of hydrogen-bond donors (Lipinski definition) is 1. The van der Waals surface area contributed by atoms with Crippen LogP contribution in [-0.4, -0.2) is 31.1 Å². The number of amides is 1. The molecule has 3 rings (SSSR count). The molecule has 2 aromatic rings. The highest BCUT2D eigenvalue weighted by Gasteiger charge is 2.30. The molecule has 2 aromatic carbocycles. The molecule has 0 aliphatic carbocycles. The maximum atomic E-state index is 12.5. The molecule has 1 aliphatic rings. The van der Waals surface area contributed by atoms with Crippen molar-refractivity contribution in [2.24, 2.45) is 5.16 Å². The van der Waals surface area contributed by atoms with Crippen LogP contribution in [0.25, 0.3) is 0 Å². The number of nitrogens with one attached hydrogen (secondary N) is 1. The van der Waals surface area contributed by atoms with Gasteiger partial charge in [0.1, 0.15) is 5.75 Å². The summed E-state index contributed by atoms with van der Waals surface area (Å²) in [7, 11) is 1.61. The second-order valence-corrected chi connectivity index (χ2v) is 6.07. The maximum absolute atomic E-state index is 12.5. The zero-order valence-electron chi connectivity index (χ0n) is 13.5. The van der Waals surface area contributed by atoms with Gasteiger partial charge in [-0.25, -0.2) is 0 Å². The van der Waals surface area contributed by atoms with Gasteiger partial charge in [0, 0.05) is 16.9 Å². The number of thioether (sulfide) groups is 1. The average Bonchev–Trinajstić information content (AvgIpc) is 3.12. The van der Waals surface area contributed by atoms with Gasteiger partial charge in [-0.3, -0.25) is 4.79 Å². The summed E-state index contributed by atoms with van der Waals surface area (Å²) in [6.45, 7) is 0. The standard InChI is InChI=1S/C18H18N2O3S/c1-22-15-9-5-3-7-12(15)14-11-16(23-20-14)18(21)19-13-8-4-6-10-17(13)24-2/h3-10,16H,11H2,1-2H3,(H,19,21). The second kappa shape index (κ2) is 7.40. The van der Waals surface area contributed by atoms with E-state index < -0.39 is 6.10 Å². The Bertz CT molecular complexity index is 776. The fourth-order valence-electron chi connectivity index (χ4n) is 2.52. The van der Waals surface area contributed by atoms with Crippen molar-refractivity contribution in [3.05, 3.63) is 54.1 Å². The van der Waals surface area contributed by atoms with Crippen LogP contribution < -0.4 is 10.1 Å². The van der Waals surface area contributed by atoms with Crippen LogP contribution in [0.15, 0.2) is 58.6 Å². The number of carbonyl (C=O) groups is 1. The molecule has 0 saturated carbocycles. The second-order valence-electron chi connectivity index (χ2n) is 5.23. The Morgan fingerprint density at radius 1 is 1.25 bits per heavy atom. The first-order valence-corrected chi connectivity index (χ1v) is 8.75. The normalized spacial score (nSPS) is 16.2. The molecule has 0 spiro atoms. The van der Waals surface area contributed by atoms with Crippen molar-refractivity contribution < 1.29 is 14.4 Å². The van der Waals surface area contributed by atoms with E-state index >= 15 is 0 Å². The molecule has 1 heterocycles. The Balaban J connectivity index is 1.69. The monoisotopic (exact) mass is 342 g/mol. The molecule has 1 N–H and O–H groups in total. The number of oxime groups is 1. The zero-order valence-corrected chi connectivity index (χ0v) is 14.3. The lowest BCUT2D eigenvalue weighted by molar-refractivity contribution is -0.125. The Morgan fingerprint density at radius 3 is 2.79 bits per heavy atom. The third-order valence-electron chi connectivity index (χ3n) is 3.74. The van der Waals surface area contributed by atoms with Crippen LogP contribution in [0.3, 0.4) is 0 Å². The first kappa shape index (κ1) is 16.4. The predicted octanol–water partition coefficient (Wildman–Crippen LogP) is 3.55. The lowest BCUT2D eigenvalue weighted by atomic mass is 10.0. The van der Waals surface area contributed by atoms with E-state index in [-0.39, 0.29) is 5.91 Å². The fourth-order valence-corrected chi connectivity index (χ4v) is 3.07. The van der Waals surface area contributed by atoms with Crippen LogP contribution in [0.2, 0.25) is 0 Å². The minimum Gasteiger partial charge on any atom is -0.496 e. The van der Waals surface area contributed by atoms with E-state index in [9.17, 15) is 4.79 Å². The van der Waals surface area contributed by atoms with Crippen LogP contribution in [0.4, 0.5) is 5.69 Å². The molecule has 6 heteroatoms. The fraction of sp³-hybridized carbons (Fsp3) is 0.222. The highest BCUT2D eigenvalue weighted by atomic mass is 32.2. The number of ether oxygens (including phenoxy) is 1. The van der Waals surface area contributed by atoms with Crippen LogP contribution >= 0.6 is 11.8 Å². The summed E-state index contributed by atoms with van der Waals surface area (Å²) in [5, 5.41) is 6.99. The summed E-state index contributed by atoms with van der Waals surface area (Å²) in [5.41, 5.74) is 2.34. The van der Waals surface area contributed by atoms with Gasteiger partial charge in [-0.15, -0.1) is 11.8 Å². The molecular formula is C18H18N2O3S. The van der Waals surface area contributed by atoms with Crippen LogP contribution in [0.5, 0.6) is 5.75 Å². The number of benzene rings is 2. The van der Waals surface area contributed by atoms with Crippen molar-refractivity contribution in [1.82, 2.24) is 0 Å². The van der Waals surface area contributed by atoms with Crippen molar-refractivity contribution in [3.63, 3.8) is 0 Å². The van der Waals surface area contributed by atoms with Gasteiger partial charge in [0.2, 0.25) is 6.10 Å². The van der Waals surface area contributed by atoms with E-state index in [1.54, 1.807) is 18.9 Å². The Morgan fingerprint density at radius 2 is 2.00 bits per heavy atom. The van der Waals surface area contributed by atoms with Crippen LogP contribution in [0, 0.1) is 0 Å². The molecule has 1 atom stereocenters. The summed E-state index contributed by atoms with van der Waals surface area (Å²) in [4.78, 5) is 18.8. The summed E-state index contributed by atoms with van der Waals surface area (Å²) in [6.07, 6.45) is 1.74. The molecule has 0 fully saturated rings. The topological polar surface area (TPSA) is 59.9 Å². The SMILES string of the molecule is COc1ccccc1C1=NOC(C(=O)Nc2ccccc2SC)C1. The minimum atomic E-state index is -0.639. The van der Waals surface area contributed by atoms with E-state index in [1.165, 1.54) is 0 Å². The number of para-hydroxylation sites is 2. The third kappa shape index (κ3) is 3.38. The molecule has 0 radical (unpaired) electrons. The Kier molecular flexibility index (Phi) is 5.05. The van der Waals surface area contributed by atoms with E-state index in [0.717, 1.165) is 16.1 Å². The predicted molar refractivity (Wildman–Crippen MR) is 95.9 cm³/mol. The van der Waals surface area contributed by atoms with Gasteiger partial charge in [-0.05, 0) is 30.5 Å². The largest absolute Gasteiger partial charge is 0.496 e. The van der Waals surface area contributed by atoms with Gasteiger partial charge in [0.25, 0.3) is 5.91 Å². The van der Waals surface area contributed by atoms with Crippen molar-refractivity contribution in [2.75, 3.05) is 18.7 Å². The molecule has 124 valence electrons. The molecule has 1 aliphatic heterocycles. The lowest BCUT2D eigenvalue weighted by Gasteiger charge is -2.12. The number of carbonyl (C=O) groups excluding carboxylic acids is 1. The van der Waals surface area contributed by atoms with Gasteiger partial charge in [-0.1, -0.05) is 29.4 Å². The lowest BCUT2D eigenvalue weighted by Crippen LogP contribution is -2.28. The Labute approximate surface area is 145 Å². The van der Waals surface area contributed by atoms with E-state index in [0.29, 0.717) is 17.9 Å². The number of rotatable bonds is 5. The molecule has 24 heavy (non-hydrogen) atoms. The first-order chi connectivity index (χ1) is 11.7. The molecule has 0 aromatic heterocycles. The summed E-state index contributed by atoms with van der Waals surface area (Å²) >= 11 is 1.58. The Hall–Kier alpha value is -2.47. The highest BCUT2D eigenvalue weighted by Crippen LogP contribution is 2.27. The summed E-state index contributed by atoms with van der Waals surface area (Å²) in [5.74, 6) is 0.513. The smallest absolute Gasteiger partial charge is 0.268 e. The molecule has 0 saturated heterocycles. The zero-order chi connectivity index (χ0) is 16.9. The van der Waals surface area contributed by atoms with Gasteiger partial charge >= 0.3 is 0 Å². The maximum Gasteiger partial charge on any atom is 0.268 e. The van der Waals surface area contributed by atoms with E-state index in [4.69, 9.17) is 9.57 Å².